The molecule has 0 unspecified atom stereocenters. The molecule has 0 aliphatic rings. The van der Waals surface area contributed by atoms with Gasteiger partial charge in [-0.3, -0.25) is 4.79 Å². The Balaban J connectivity index is 1.58. The monoisotopic (exact) mass is 345 g/mol. The van der Waals surface area contributed by atoms with Crippen LogP contribution in [0.1, 0.15) is 12.0 Å². The van der Waals surface area contributed by atoms with Crippen LogP contribution in [0.2, 0.25) is 0 Å². The topological polar surface area (TPSA) is 54.9 Å². The first-order valence-corrected chi connectivity index (χ1v) is 8.01. The minimum Gasteiger partial charge on any atom is -0.301 e. The molecule has 3 aromatic rings. The van der Waals surface area contributed by atoms with Gasteiger partial charge in [0.05, 0.1) is 0 Å². The third kappa shape index (κ3) is 4.20. The van der Waals surface area contributed by atoms with Crippen molar-refractivity contribution in [1.29, 1.82) is 0 Å². The summed E-state index contributed by atoms with van der Waals surface area (Å²) in [6, 6.07) is 12.0. The second-order valence-corrected chi connectivity index (χ2v) is 5.86. The van der Waals surface area contributed by atoms with Crippen LogP contribution in [0.5, 0.6) is 0 Å². The fourth-order valence-electron chi connectivity index (χ4n) is 2.12. The molecule has 7 heteroatoms. The molecule has 0 spiro atoms. The largest absolute Gasteiger partial charge is 0.301 e. The van der Waals surface area contributed by atoms with Crippen molar-refractivity contribution >= 4 is 22.6 Å². The number of anilines is 1. The van der Waals surface area contributed by atoms with Crippen molar-refractivity contribution in [3.63, 3.8) is 0 Å². The Morgan fingerprint density at radius 1 is 1.08 bits per heavy atom. The number of nitrogens with one attached hydrogen (secondary N) is 1. The molecule has 0 atom stereocenters. The molecule has 122 valence electrons. The Hall–Kier alpha value is -2.67. The van der Waals surface area contributed by atoms with Crippen LogP contribution in [0, 0.1) is 11.6 Å². The maximum absolute atomic E-state index is 13.1. The Bertz CT molecular complexity index is 849. The molecule has 2 aromatic carbocycles. The van der Waals surface area contributed by atoms with E-state index in [9.17, 15) is 13.6 Å². The van der Waals surface area contributed by atoms with Crippen LogP contribution in [0.4, 0.5) is 13.9 Å². The van der Waals surface area contributed by atoms with E-state index in [2.05, 4.69) is 14.7 Å². The van der Waals surface area contributed by atoms with E-state index < -0.39 is 0 Å². The molecule has 0 aliphatic heterocycles. The number of carbonyl (C=O) groups excluding carboxylic acids is 1. The van der Waals surface area contributed by atoms with Crippen molar-refractivity contribution in [1.82, 2.24) is 9.36 Å². The Kier molecular flexibility index (Phi) is 4.90. The number of benzene rings is 2. The van der Waals surface area contributed by atoms with Crippen LogP contribution in [0.15, 0.2) is 48.5 Å². The highest BCUT2D eigenvalue weighted by atomic mass is 32.1. The van der Waals surface area contributed by atoms with E-state index in [1.807, 2.05) is 0 Å². The van der Waals surface area contributed by atoms with Crippen LogP contribution in [-0.2, 0) is 11.2 Å². The molecular formula is C17H13F2N3OS. The molecule has 1 heterocycles. The molecule has 3 rings (SSSR count). The van der Waals surface area contributed by atoms with Gasteiger partial charge in [0.15, 0.2) is 5.82 Å². The standard InChI is InChI=1S/C17H13F2N3OS/c18-13-7-5-12(6-8-13)16-21-17(24-22-16)20-15(23)9-4-11-2-1-3-14(19)10-11/h1-3,5-8,10H,4,9H2,(H,20,21,22,23). The van der Waals surface area contributed by atoms with Crippen LogP contribution in [0.3, 0.4) is 0 Å². The number of carbonyl (C=O) groups is 1. The van der Waals surface area contributed by atoms with Crippen molar-refractivity contribution in [2.24, 2.45) is 0 Å². The van der Waals surface area contributed by atoms with E-state index in [1.165, 1.54) is 24.3 Å². The summed E-state index contributed by atoms with van der Waals surface area (Å²) in [6.45, 7) is 0. The highest BCUT2D eigenvalue weighted by Gasteiger charge is 2.10. The number of nitrogens with zero attached hydrogens (tertiary/aromatic N) is 2. The molecule has 1 amide bonds. The normalized spacial score (nSPS) is 10.6. The Labute approximate surface area is 141 Å². The smallest absolute Gasteiger partial charge is 0.226 e. The van der Waals surface area contributed by atoms with Crippen LogP contribution < -0.4 is 5.32 Å². The molecule has 0 aliphatic carbocycles. The van der Waals surface area contributed by atoms with Gasteiger partial charge in [0.25, 0.3) is 0 Å². The number of hydrogen-bond acceptors (Lipinski definition) is 4. The predicted octanol–water partition coefficient (Wildman–Crippen LogP) is 4.05. The minimum absolute atomic E-state index is 0.217. The quantitative estimate of drug-likeness (QED) is 0.759. The highest BCUT2D eigenvalue weighted by molar-refractivity contribution is 7.10. The molecule has 1 N–H and O–H groups in total. The third-order valence-corrected chi connectivity index (χ3v) is 3.94. The van der Waals surface area contributed by atoms with E-state index in [4.69, 9.17) is 0 Å². The zero-order valence-corrected chi connectivity index (χ0v) is 13.3. The van der Waals surface area contributed by atoms with Crippen molar-refractivity contribution in [2.45, 2.75) is 12.8 Å². The van der Waals surface area contributed by atoms with Gasteiger partial charge in [-0.1, -0.05) is 12.1 Å². The molecule has 0 saturated carbocycles. The molecule has 0 radical (unpaired) electrons. The summed E-state index contributed by atoms with van der Waals surface area (Å²) in [6.07, 6.45) is 0.655. The summed E-state index contributed by atoms with van der Waals surface area (Å²) in [7, 11) is 0. The number of rotatable bonds is 5. The van der Waals surface area contributed by atoms with Crippen molar-refractivity contribution < 1.29 is 13.6 Å². The lowest BCUT2D eigenvalue weighted by Crippen LogP contribution is -2.12. The second-order valence-electron chi connectivity index (χ2n) is 5.11. The zero-order valence-electron chi connectivity index (χ0n) is 12.5. The lowest BCUT2D eigenvalue weighted by molar-refractivity contribution is -0.116. The summed E-state index contributed by atoms with van der Waals surface area (Å²) < 4.78 is 30.1. The van der Waals surface area contributed by atoms with Crippen molar-refractivity contribution in [3.05, 3.63) is 65.7 Å². The summed E-state index contributed by atoms with van der Waals surface area (Å²) in [5.41, 5.74) is 1.43. The van der Waals surface area contributed by atoms with Gasteiger partial charge >= 0.3 is 0 Å². The van der Waals surface area contributed by atoms with Gasteiger partial charge < -0.3 is 5.32 Å². The number of aryl methyl sites for hydroxylation is 1. The summed E-state index contributed by atoms with van der Waals surface area (Å²) in [4.78, 5) is 16.2. The molecule has 24 heavy (non-hydrogen) atoms. The fraction of sp³-hybridized carbons (Fsp3) is 0.118. The van der Waals surface area contributed by atoms with Crippen LogP contribution in [-0.4, -0.2) is 15.3 Å². The molecule has 0 bridgehead atoms. The highest BCUT2D eigenvalue weighted by Crippen LogP contribution is 2.21. The summed E-state index contributed by atoms with van der Waals surface area (Å²) in [5.74, 6) is -0.442. The van der Waals surface area contributed by atoms with Gasteiger partial charge in [-0.2, -0.15) is 9.36 Å². The molecular weight excluding hydrogens is 332 g/mol. The van der Waals surface area contributed by atoms with Crippen LogP contribution >= 0.6 is 11.5 Å². The van der Waals surface area contributed by atoms with E-state index in [-0.39, 0.29) is 24.0 Å². The molecule has 0 saturated heterocycles. The summed E-state index contributed by atoms with van der Waals surface area (Å²) in [5, 5.41) is 3.04. The second kappa shape index (κ2) is 7.27. The molecule has 4 nitrogen and oxygen atoms in total. The SMILES string of the molecule is O=C(CCc1cccc(F)c1)Nc1nc(-c2ccc(F)cc2)ns1. The first kappa shape index (κ1) is 16.2. The first-order chi connectivity index (χ1) is 11.6. The van der Waals surface area contributed by atoms with Gasteiger partial charge in [0, 0.05) is 23.5 Å². The van der Waals surface area contributed by atoms with E-state index in [1.54, 1.807) is 24.3 Å². The molecule has 1 aromatic heterocycles. The first-order valence-electron chi connectivity index (χ1n) is 7.24. The van der Waals surface area contributed by atoms with Crippen LogP contribution in [0.25, 0.3) is 11.4 Å². The fourth-order valence-corrected chi connectivity index (χ4v) is 2.73. The lowest BCUT2D eigenvalue weighted by atomic mass is 10.1. The average molecular weight is 345 g/mol. The number of hydrogen-bond donors (Lipinski definition) is 1. The maximum Gasteiger partial charge on any atom is 0.226 e. The third-order valence-electron chi connectivity index (χ3n) is 3.30. The van der Waals surface area contributed by atoms with E-state index in [0.717, 1.165) is 17.1 Å². The average Bonchev–Trinajstić information content (AvgIpc) is 3.02. The van der Waals surface area contributed by atoms with Crippen molar-refractivity contribution in [2.75, 3.05) is 5.32 Å². The number of aromatic nitrogens is 2. The summed E-state index contributed by atoms with van der Waals surface area (Å²) >= 11 is 1.05. The predicted molar refractivity (Wildman–Crippen MR) is 88.7 cm³/mol. The van der Waals surface area contributed by atoms with Crippen molar-refractivity contribution in [3.8, 4) is 11.4 Å². The zero-order chi connectivity index (χ0) is 16.9. The molecule has 0 fully saturated rings. The maximum atomic E-state index is 13.1. The number of amides is 1. The van der Waals surface area contributed by atoms with Gasteiger partial charge in [-0.15, -0.1) is 0 Å². The lowest BCUT2D eigenvalue weighted by Gasteiger charge is -2.02. The number of halogens is 2. The van der Waals surface area contributed by atoms with Gasteiger partial charge in [-0.25, -0.2) is 8.78 Å². The minimum atomic E-state index is -0.333. The Morgan fingerprint density at radius 2 is 1.88 bits per heavy atom. The van der Waals surface area contributed by atoms with Gasteiger partial charge in [0.1, 0.15) is 11.6 Å². The van der Waals surface area contributed by atoms with E-state index >= 15 is 0 Å². The Morgan fingerprint density at radius 3 is 2.62 bits per heavy atom. The van der Waals surface area contributed by atoms with Gasteiger partial charge in [-0.05, 0) is 48.4 Å². The van der Waals surface area contributed by atoms with E-state index in [0.29, 0.717) is 22.9 Å². The van der Waals surface area contributed by atoms with Gasteiger partial charge in [0.2, 0.25) is 11.0 Å².